The van der Waals surface area contributed by atoms with Crippen molar-refractivity contribution >= 4 is 11.5 Å². The Morgan fingerprint density at radius 3 is 3.11 bits per heavy atom. The van der Waals surface area contributed by atoms with Crippen molar-refractivity contribution in [2.45, 2.75) is 6.92 Å². The molecule has 1 aromatic rings. The lowest BCUT2D eigenvalue weighted by molar-refractivity contribution is 0.0919. The Balaban J connectivity index is 2.06. The number of hydrogen-bond donors (Lipinski definition) is 2. The van der Waals surface area contributed by atoms with Crippen molar-refractivity contribution in [3.8, 4) is 5.75 Å². The molecular weight excluding hydrogens is 244 g/mol. The van der Waals surface area contributed by atoms with E-state index in [9.17, 15) is 4.79 Å². The van der Waals surface area contributed by atoms with Crippen molar-refractivity contribution in [1.29, 1.82) is 0 Å². The lowest BCUT2D eigenvalue weighted by Gasteiger charge is -2.21. The number of ether oxygens (including phenoxy) is 1. The Labute approximate surface area is 113 Å². The van der Waals surface area contributed by atoms with Gasteiger partial charge in [0.25, 0.3) is 0 Å². The minimum Gasteiger partial charge on any atom is -0.490 e. The average molecular weight is 264 g/mol. The fourth-order valence-corrected chi connectivity index (χ4v) is 2.10. The summed E-state index contributed by atoms with van der Waals surface area (Å²) in [7, 11) is 0. The molecule has 0 fully saturated rings. The maximum atomic E-state index is 12.2. The molecule has 0 atom stereocenters. The van der Waals surface area contributed by atoms with E-state index in [1.807, 2.05) is 24.0 Å². The number of aliphatic hydroxyl groups is 1. The molecule has 5 heteroatoms. The van der Waals surface area contributed by atoms with Crippen molar-refractivity contribution in [2.24, 2.45) is 0 Å². The number of likely N-dealkylation sites (N-methyl/N-ethyl adjacent to an activating group) is 1. The van der Waals surface area contributed by atoms with Crippen LogP contribution in [0.15, 0.2) is 18.2 Å². The number of rotatable bonds is 6. The third kappa shape index (κ3) is 3.45. The number of carbonyl (C=O) groups is 1. The Hall–Kier alpha value is -1.59. The quantitative estimate of drug-likeness (QED) is 0.750. The molecule has 1 aromatic carbocycles. The molecule has 0 unspecified atom stereocenters. The van der Waals surface area contributed by atoms with Gasteiger partial charge in [-0.3, -0.25) is 9.69 Å². The first kappa shape index (κ1) is 13.8. The number of hydrogen-bond acceptors (Lipinski definition) is 5. The van der Waals surface area contributed by atoms with Crippen molar-refractivity contribution in [3.63, 3.8) is 0 Å². The van der Waals surface area contributed by atoms with E-state index in [1.165, 1.54) is 0 Å². The third-order valence-corrected chi connectivity index (χ3v) is 3.21. The van der Waals surface area contributed by atoms with Crippen molar-refractivity contribution in [2.75, 3.05) is 44.7 Å². The second-order valence-corrected chi connectivity index (χ2v) is 4.50. The van der Waals surface area contributed by atoms with E-state index < -0.39 is 0 Å². The van der Waals surface area contributed by atoms with Crippen LogP contribution < -0.4 is 10.1 Å². The largest absolute Gasteiger partial charge is 0.490 e. The Bertz CT molecular complexity index is 448. The van der Waals surface area contributed by atoms with Gasteiger partial charge in [-0.25, -0.2) is 0 Å². The van der Waals surface area contributed by atoms with E-state index in [0.717, 1.165) is 24.5 Å². The molecule has 5 nitrogen and oxygen atoms in total. The predicted octanol–water partition coefficient (Wildman–Crippen LogP) is 0.988. The molecule has 0 bridgehead atoms. The molecule has 0 radical (unpaired) electrons. The van der Waals surface area contributed by atoms with Gasteiger partial charge in [0.2, 0.25) is 0 Å². The summed E-state index contributed by atoms with van der Waals surface area (Å²) in [6.45, 7) is 5.06. The second-order valence-electron chi connectivity index (χ2n) is 4.50. The molecule has 1 heterocycles. The molecule has 0 spiro atoms. The molecule has 2 rings (SSSR count). The Morgan fingerprint density at radius 2 is 2.37 bits per heavy atom. The van der Waals surface area contributed by atoms with Crippen molar-refractivity contribution < 1.29 is 14.6 Å². The summed E-state index contributed by atoms with van der Waals surface area (Å²) in [5.74, 6) is 0.857. The fraction of sp³-hybridized carbons (Fsp3) is 0.500. The second kappa shape index (κ2) is 6.54. The van der Waals surface area contributed by atoms with Gasteiger partial charge in [0.1, 0.15) is 12.4 Å². The van der Waals surface area contributed by atoms with Gasteiger partial charge in [-0.1, -0.05) is 6.92 Å². The number of aliphatic hydroxyl groups excluding tert-OH is 1. The van der Waals surface area contributed by atoms with Crippen molar-refractivity contribution in [1.82, 2.24) is 4.90 Å². The zero-order valence-electron chi connectivity index (χ0n) is 11.2. The van der Waals surface area contributed by atoms with Gasteiger partial charge in [-0.2, -0.15) is 0 Å². The molecule has 0 aromatic heterocycles. The van der Waals surface area contributed by atoms with Crippen LogP contribution in [0.4, 0.5) is 5.69 Å². The summed E-state index contributed by atoms with van der Waals surface area (Å²) in [5.41, 5.74) is 1.55. The lowest BCUT2D eigenvalue weighted by Crippen LogP contribution is -2.32. The number of fused-ring (bicyclic) bond motifs is 1. The molecule has 0 aliphatic carbocycles. The summed E-state index contributed by atoms with van der Waals surface area (Å²) in [6, 6.07) is 5.46. The van der Waals surface area contributed by atoms with Gasteiger partial charge in [0.05, 0.1) is 18.8 Å². The number of ketones is 1. The normalized spacial score (nSPS) is 13.6. The first-order valence-electron chi connectivity index (χ1n) is 6.61. The SMILES string of the molecule is CCN(CCO)CC(=O)c1ccc2c(c1)NCCO2. The highest BCUT2D eigenvalue weighted by Gasteiger charge is 2.15. The maximum Gasteiger partial charge on any atom is 0.176 e. The standard InChI is InChI=1S/C14H20N2O3/c1-2-16(6-7-17)10-13(18)11-3-4-14-12(9-11)15-5-8-19-14/h3-4,9,15,17H,2,5-8,10H2,1H3. The Morgan fingerprint density at radius 1 is 1.53 bits per heavy atom. The number of nitrogens with zero attached hydrogens (tertiary/aromatic N) is 1. The molecule has 104 valence electrons. The highest BCUT2D eigenvalue weighted by molar-refractivity contribution is 5.98. The van der Waals surface area contributed by atoms with E-state index in [1.54, 1.807) is 6.07 Å². The smallest absolute Gasteiger partial charge is 0.176 e. The van der Waals surface area contributed by atoms with Crippen LogP contribution in [0.3, 0.4) is 0 Å². The van der Waals surface area contributed by atoms with E-state index in [-0.39, 0.29) is 12.4 Å². The van der Waals surface area contributed by atoms with Gasteiger partial charge in [-0.05, 0) is 24.7 Å². The van der Waals surface area contributed by atoms with Crippen LogP contribution in [-0.2, 0) is 0 Å². The molecule has 19 heavy (non-hydrogen) atoms. The van der Waals surface area contributed by atoms with Crippen LogP contribution >= 0.6 is 0 Å². The maximum absolute atomic E-state index is 12.2. The zero-order chi connectivity index (χ0) is 13.7. The van der Waals surface area contributed by atoms with Crippen LogP contribution in [-0.4, -0.2) is 55.2 Å². The monoisotopic (exact) mass is 264 g/mol. The van der Waals surface area contributed by atoms with Gasteiger partial charge in [-0.15, -0.1) is 0 Å². The number of nitrogens with one attached hydrogen (secondary N) is 1. The minimum absolute atomic E-state index is 0.0606. The highest BCUT2D eigenvalue weighted by Crippen LogP contribution is 2.28. The molecule has 0 saturated heterocycles. The molecule has 1 aliphatic heterocycles. The number of Topliss-reactive ketones (excluding diaryl/α,β-unsaturated/α-hetero) is 1. The van der Waals surface area contributed by atoms with Gasteiger partial charge in [0, 0.05) is 18.7 Å². The molecule has 1 aliphatic rings. The molecular formula is C14H20N2O3. The summed E-state index contributed by atoms with van der Waals surface area (Å²) < 4.78 is 5.48. The number of carbonyl (C=O) groups excluding carboxylic acids is 1. The summed E-state index contributed by atoms with van der Waals surface area (Å²) in [4.78, 5) is 14.1. The van der Waals surface area contributed by atoms with E-state index in [2.05, 4.69) is 5.32 Å². The summed E-state index contributed by atoms with van der Waals surface area (Å²) in [6.07, 6.45) is 0. The van der Waals surface area contributed by atoms with Gasteiger partial charge < -0.3 is 15.2 Å². The zero-order valence-corrected chi connectivity index (χ0v) is 11.2. The Kier molecular flexibility index (Phi) is 4.76. The molecule has 0 saturated carbocycles. The predicted molar refractivity (Wildman–Crippen MR) is 74.0 cm³/mol. The number of anilines is 1. The van der Waals surface area contributed by atoms with E-state index in [0.29, 0.717) is 25.3 Å². The molecule has 2 N–H and O–H groups in total. The first-order chi connectivity index (χ1) is 9.24. The van der Waals surface area contributed by atoms with Gasteiger partial charge in [0.15, 0.2) is 5.78 Å². The number of benzene rings is 1. The lowest BCUT2D eigenvalue weighted by atomic mass is 10.1. The topological polar surface area (TPSA) is 61.8 Å². The highest BCUT2D eigenvalue weighted by atomic mass is 16.5. The summed E-state index contributed by atoms with van der Waals surface area (Å²) in [5, 5.41) is 12.1. The summed E-state index contributed by atoms with van der Waals surface area (Å²) >= 11 is 0. The third-order valence-electron chi connectivity index (χ3n) is 3.21. The van der Waals surface area contributed by atoms with Crippen LogP contribution in [0.1, 0.15) is 17.3 Å². The van der Waals surface area contributed by atoms with Gasteiger partial charge >= 0.3 is 0 Å². The van der Waals surface area contributed by atoms with Crippen LogP contribution in [0, 0.1) is 0 Å². The fourth-order valence-electron chi connectivity index (χ4n) is 2.10. The van der Waals surface area contributed by atoms with Crippen LogP contribution in [0.25, 0.3) is 0 Å². The van der Waals surface area contributed by atoms with Crippen LogP contribution in [0.2, 0.25) is 0 Å². The van der Waals surface area contributed by atoms with E-state index >= 15 is 0 Å². The van der Waals surface area contributed by atoms with Crippen molar-refractivity contribution in [3.05, 3.63) is 23.8 Å². The van der Waals surface area contributed by atoms with E-state index in [4.69, 9.17) is 9.84 Å². The first-order valence-corrected chi connectivity index (χ1v) is 6.61. The van der Waals surface area contributed by atoms with Crippen LogP contribution in [0.5, 0.6) is 5.75 Å². The average Bonchev–Trinajstić information content (AvgIpc) is 2.46. The molecule has 0 amide bonds. The minimum atomic E-state index is 0.0606.